The van der Waals surface area contributed by atoms with Gasteiger partial charge < -0.3 is 4.79 Å². The number of hydrogen-bond acceptors (Lipinski definition) is 2. The van der Waals surface area contributed by atoms with Crippen LogP contribution in [0.15, 0.2) is 18.2 Å². The predicted molar refractivity (Wildman–Crippen MR) is 58.4 cm³/mol. The van der Waals surface area contributed by atoms with Gasteiger partial charge in [0.15, 0.2) is 0 Å². The highest BCUT2D eigenvalue weighted by Gasteiger charge is 2.12. The molecule has 0 bridgehead atoms. The molecule has 1 aromatic carbocycles. The lowest BCUT2D eigenvalue weighted by molar-refractivity contribution is -0.108. The summed E-state index contributed by atoms with van der Waals surface area (Å²) in [6.07, 6.45) is 0.859. The Morgan fingerprint density at radius 1 is 1.62 bits per heavy atom. The van der Waals surface area contributed by atoms with Crippen molar-refractivity contribution in [3.05, 3.63) is 32.9 Å². The minimum Gasteiger partial charge on any atom is -0.303 e. The molecule has 0 fully saturated rings. The summed E-state index contributed by atoms with van der Waals surface area (Å²) in [7, 11) is 0. The number of benzene rings is 1. The fraction of sp³-hybridized carbons (Fsp3) is 0.200. The van der Waals surface area contributed by atoms with Crippen LogP contribution in [0, 0.1) is 14.9 Å². The number of aldehydes is 1. The van der Waals surface area contributed by atoms with Crippen LogP contribution in [0.3, 0.4) is 0 Å². The van der Waals surface area contributed by atoms with Crippen LogP contribution in [-0.2, 0) is 4.79 Å². The Morgan fingerprint density at radius 3 is 2.85 bits per heavy atom. The molecular weight excluding hydrogens is 277 g/mol. The van der Waals surface area contributed by atoms with Crippen LogP contribution >= 0.6 is 22.6 Å². The molecule has 66 valence electrons. The molecule has 1 aromatic rings. The second-order valence-electron chi connectivity index (χ2n) is 2.74. The largest absolute Gasteiger partial charge is 0.303 e. The van der Waals surface area contributed by atoms with Crippen molar-refractivity contribution in [2.75, 3.05) is 0 Å². The van der Waals surface area contributed by atoms with Crippen LogP contribution in [0.2, 0.25) is 0 Å². The van der Waals surface area contributed by atoms with Gasteiger partial charge >= 0.3 is 0 Å². The van der Waals surface area contributed by atoms with Crippen LogP contribution in [0.5, 0.6) is 0 Å². The first-order valence-electron chi connectivity index (χ1n) is 3.84. The summed E-state index contributed by atoms with van der Waals surface area (Å²) in [5, 5.41) is 8.82. The van der Waals surface area contributed by atoms with Gasteiger partial charge in [0.25, 0.3) is 0 Å². The van der Waals surface area contributed by atoms with Crippen LogP contribution in [0.25, 0.3) is 0 Å². The van der Waals surface area contributed by atoms with Crippen LogP contribution < -0.4 is 0 Å². The Kier molecular flexibility index (Phi) is 3.43. The van der Waals surface area contributed by atoms with Gasteiger partial charge in [0.05, 0.1) is 11.6 Å². The molecule has 0 aliphatic rings. The van der Waals surface area contributed by atoms with Crippen molar-refractivity contribution in [3.8, 4) is 6.07 Å². The van der Waals surface area contributed by atoms with E-state index in [4.69, 9.17) is 5.26 Å². The third kappa shape index (κ3) is 2.07. The normalized spacial score (nSPS) is 11.8. The molecule has 1 unspecified atom stereocenters. The van der Waals surface area contributed by atoms with Crippen molar-refractivity contribution >= 4 is 28.9 Å². The van der Waals surface area contributed by atoms with Gasteiger partial charge in [-0.3, -0.25) is 0 Å². The zero-order valence-corrected chi connectivity index (χ0v) is 9.28. The summed E-state index contributed by atoms with van der Waals surface area (Å²) < 4.78 is 0.969. The second kappa shape index (κ2) is 4.38. The lowest BCUT2D eigenvalue weighted by Gasteiger charge is -2.08. The van der Waals surface area contributed by atoms with Gasteiger partial charge in [0.1, 0.15) is 6.29 Å². The van der Waals surface area contributed by atoms with E-state index < -0.39 is 0 Å². The monoisotopic (exact) mass is 285 g/mol. The van der Waals surface area contributed by atoms with Gasteiger partial charge in [-0.15, -0.1) is 0 Å². The van der Waals surface area contributed by atoms with Crippen molar-refractivity contribution in [2.45, 2.75) is 12.8 Å². The average Bonchev–Trinajstić information content (AvgIpc) is 2.16. The molecule has 0 amide bonds. The quantitative estimate of drug-likeness (QED) is 0.618. The molecule has 1 atom stereocenters. The Bertz CT molecular complexity index is 368. The predicted octanol–water partition coefficient (Wildman–Crippen LogP) is 2.47. The van der Waals surface area contributed by atoms with Gasteiger partial charge in [-0.25, -0.2) is 0 Å². The molecule has 0 aliphatic carbocycles. The maximum Gasteiger partial charge on any atom is 0.127 e. The standard InChI is InChI=1S/C10H8INO/c1-7(6-13)10-8(5-12)3-2-4-9(10)11/h2-4,6-7H,1H3. The highest BCUT2D eigenvalue weighted by atomic mass is 127. The van der Waals surface area contributed by atoms with Gasteiger partial charge in [-0.1, -0.05) is 13.0 Å². The number of carbonyl (C=O) groups is 1. The van der Waals surface area contributed by atoms with Crippen molar-refractivity contribution < 1.29 is 4.79 Å². The minimum atomic E-state index is -0.206. The first kappa shape index (κ1) is 10.2. The third-order valence-electron chi connectivity index (χ3n) is 1.83. The summed E-state index contributed by atoms with van der Waals surface area (Å²) >= 11 is 2.14. The molecule has 0 radical (unpaired) electrons. The molecule has 13 heavy (non-hydrogen) atoms. The van der Waals surface area contributed by atoms with Crippen molar-refractivity contribution in [2.24, 2.45) is 0 Å². The third-order valence-corrected chi connectivity index (χ3v) is 2.77. The van der Waals surface area contributed by atoms with E-state index >= 15 is 0 Å². The Morgan fingerprint density at radius 2 is 2.31 bits per heavy atom. The number of rotatable bonds is 2. The van der Waals surface area contributed by atoms with Crippen LogP contribution in [-0.4, -0.2) is 6.29 Å². The lowest BCUT2D eigenvalue weighted by Crippen LogP contribution is -2.00. The fourth-order valence-corrected chi connectivity index (χ4v) is 2.15. The number of hydrogen-bond donors (Lipinski definition) is 0. The average molecular weight is 285 g/mol. The number of nitriles is 1. The highest BCUT2D eigenvalue weighted by Crippen LogP contribution is 2.23. The molecular formula is C10H8INO. The van der Waals surface area contributed by atoms with Crippen LogP contribution in [0.4, 0.5) is 0 Å². The summed E-state index contributed by atoms with van der Waals surface area (Å²) in [5.41, 5.74) is 1.42. The Labute approximate surface area is 90.7 Å². The minimum absolute atomic E-state index is 0.206. The second-order valence-corrected chi connectivity index (χ2v) is 3.90. The highest BCUT2D eigenvalue weighted by molar-refractivity contribution is 14.1. The van der Waals surface area contributed by atoms with E-state index in [1.54, 1.807) is 13.0 Å². The van der Waals surface area contributed by atoms with E-state index in [0.29, 0.717) is 5.56 Å². The number of halogens is 1. The molecule has 3 heteroatoms. The fourth-order valence-electron chi connectivity index (χ4n) is 1.17. The van der Waals surface area contributed by atoms with E-state index in [2.05, 4.69) is 28.7 Å². The molecule has 2 nitrogen and oxygen atoms in total. The first-order chi connectivity index (χ1) is 6.20. The van der Waals surface area contributed by atoms with Gasteiger partial charge in [0.2, 0.25) is 0 Å². The molecule has 0 saturated carbocycles. The van der Waals surface area contributed by atoms with Crippen molar-refractivity contribution in [1.82, 2.24) is 0 Å². The van der Waals surface area contributed by atoms with Crippen molar-refractivity contribution in [1.29, 1.82) is 5.26 Å². The SMILES string of the molecule is CC(C=O)c1c(I)cccc1C#N. The number of carbonyl (C=O) groups excluding carboxylic acids is 1. The number of nitrogens with zero attached hydrogens (tertiary/aromatic N) is 1. The lowest BCUT2D eigenvalue weighted by atomic mass is 9.98. The van der Waals surface area contributed by atoms with E-state index in [-0.39, 0.29) is 5.92 Å². The van der Waals surface area contributed by atoms with E-state index in [1.165, 1.54) is 0 Å². The molecule has 0 aromatic heterocycles. The molecule has 0 spiro atoms. The Balaban J connectivity index is 3.32. The maximum atomic E-state index is 10.6. The summed E-state index contributed by atoms with van der Waals surface area (Å²) in [4.78, 5) is 10.6. The topological polar surface area (TPSA) is 40.9 Å². The molecule has 0 aliphatic heterocycles. The molecule has 0 saturated heterocycles. The van der Waals surface area contributed by atoms with Crippen LogP contribution in [0.1, 0.15) is 24.0 Å². The summed E-state index contributed by atoms with van der Waals surface area (Å²) in [5.74, 6) is -0.206. The van der Waals surface area contributed by atoms with E-state index in [0.717, 1.165) is 15.4 Å². The summed E-state index contributed by atoms with van der Waals surface area (Å²) in [6.45, 7) is 1.80. The van der Waals surface area contributed by atoms with E-state index in [1.807, 2.05) is 12.1 Å². The first-order valence-corrected chi connectivity index (χ1v) is 4.92. The van der Waals surface area contributed by atoms with Gasteiger partial charge in [-0.05, 0) is 40.3 Å². The Hall–Kier alpha value is -0.890. The zero-order valence-electron chi connectivity index (χ0n) is 7.12. The van der Waals surface area contributed by atoms with E-state index in [9.17, 15) is 4.79 Å². The smallest absolute Gasteiger partial charge is 0.127 e. The van der Waals surface area contributed by atoms with Crippen molar-refractivity contribution in [3.63, 3.8) is 0 Å². The molecule has 0 N–H and O–H groups in total. The van der Waals surface area contributed by atoms with Gasteiger partial charge in [0, 0.05) is 9.49 Å². The zero-order chi connectivity index (χ0) is 9.84. The van der Waals surface area contributed by atoms with Gasteiger partial charge in [-0.2, -0.15) is 5.26 Å². The summed E-state index contributed by atoms with van der Waals surface area (Å²) in [6, 6.07) is 7.54. The molecule has 0 heterocycles. The molecule has 1 rings (SSSR count). The maximum absolute atomic E-state index is 10.6.